The predicted molar refractivity (Wildman–Crippen MR) is 115 cm³/mol. The number of nitrogens with zero attached hydrogens (tertiary/aromatic N) is 1. The van der Waals surface area contributed by atoms with Gasteiger partial charge in [-0.25, -0.2) is 0 Å². The Balaban J connectivity index is 1.48. The number of halogens is 1. The van der Waals surface area contributed by atoms with E-state index < -0.39 is 0 Å². The predicted octanol–water partition coefficient (Wildman–Crippen LogP) is 2.48. The zero-order chi connectivity index (χ0) is 21.3. The third kappa shape index (κ3) is 6.37. The first-order valence-corrected chi connectivity index (χ1v) is 10.3. The molecular weight excluding hydrogens is 406 g/mol. The first-order valence-electron chi connectivity index (χ1n) is 9.87. The third-order valence-electron chi connectivity index (χ3n) is 4.70. The average Bonchev–Trinajstić information content (AvgIpc) is 2.73. The molecule has 1 aliphatic rings. The van der Waals surface area contributed by atoms with Gasteiger partial charge in [0, 0.05) is 36.8 Å². The topological polar surface area (TPSA) is 79.9 Å². The molecule has 2 aromatic rings. The fourth-order valence-electron chi connectivity index (χ4n) is 3.20. The summed E-state index contributed by atoms with van der Waals surface area (Å²) in [5.41, 5.74) is 1.58. The van der Waals surface area contributed by atoms with E-state index in [0.717, 1.165) is 12.1 Å². The van der Waals surface area contributed by atoms with Crippen LogP contribution in [0.15, 0.2) is 42.5 Å². The molecule has 0 bridgehead atoms. The minimum atomic E-state index is -0.164. The van der Waals surface area contributed by atoms with Crippen molar-refractivity contribution in [2.75, 3.05) is 39.9 Å². The van der Waals surface area contributed by atoms with Crippen molar-refractivity contribution in [3.8, 4) is 11.5 Å². The van der Waals surface area contributed by atoms with Crippen LogP contribution < -0.4 is 20.1 Å². The number of piperazine rings is 1. The maximum atomic E-state index is 12.1. The molecule has 7 nitrogen and oxygen atoms in total. The molecule has 2 amide bonds. The van der Waals surface area contributed by atoms with Crippen LogP contribution in [-0.2, 0) is 11.3 Å². The summed E-state index contributed by atoms with van der Waals surface area (Å²) < 4.78 is 11.3. The molecule has 2 aromatic carbocycles. The number of nitrogens with one attached hydrogen (secondary N) is 2. The molecule has 0 saturated carbocycles. The second-order valence-electron chi connectivity index (χ2n) is 7.01. The van der Waals surface area contributed by atoms with Crippen LogP contribution in [0.3, 0.4) is 0 Å². The lowest BCUT2D eigenvalue weighted by atomic mass is 10.1. The van der Waals surface area contributed by atoms with Gasteiger partial charge >= 0.3 is 0 Å². The summed E-state index contributed by atoms with van der Waals surface area (Å²) in [5.74, 6) is 1.18. The van der Waals surface area contributed by atoms with E-state index in [4.69, 9.17) is 21.1 Å². The fourth-order valence-corrected chi connectivity index (χ4v) is 3.40. The lowest BCUT2D eigenvalue weighted by Crippen LogP contribution is -2.47. The maximum absolute atomic E-state index is 12.1. The Morgan fingerprint density at radius 2 is 2.10 bits per heavy atom. The first-order chi connectivity index (χ1) is 14.5. The molecule has 0 aliphatic carbocycles. The van der Waals surface area contributed by atoms with E-state index in [2.05, 4.69) is 15.5 Å². The Labute approximate surface area is 181 Å². The summed E-state index contributed by atoms with van der Waals surface area (Å²) in [6, 6.07) is 12.6. The number of hydrogen-bond donors (Lipinski definition) is 2. The number of hydrogen-bond acceptors (Lipinski definition) is 5. The second-order valence-corrected chi connectivity index (χ2v) is 7.45. The van der Waals surface area contributed by atoms with Crippen LogP contribution >= 0.6 is 11.6 Å². The molecule has 2 N–H and O–H groups in total. The van der Waals surface area contributed by atoms with Crippen LogP contribution in [0.2, 0.25) is 5.02 Å². The van der Waals surface area contributed by atoms with Gasteiger partial charge in [0.1, 0.15) is 0 Å². The Kier molecular flexibility index (Phi) is 7.93. The summed E-state index contributed by atoms with van der Waals surface area (Å²) >= 11 is 5.92. The molecule has 0 atom stereocenters. The van der Waals surface area contributed by atoms with Gasteiger partial charge in [0.05, 0.1) is 20.3 Å². The molecule has 1 saturated heterocycles. The normalized spacial score (nSPS) is 14.1. The highest BCUT2D eigenvalue weighted by Crippen LogP contribution is 2.28. The van der Waals surface area contributed by atoms with Gasteiger partial charge in [-0.3, -0.25) is 14.5 Å². The van der Waals surface area contributed by atoms with E-state index in [1.807, 2.05) is 18.2 Å². The molecular formula is C22H26ClN3O4. The summed E-state index contributed by atoms with van der Waals surface area (Å²) in [6.07, 6.45) is 0.645. The number of ether oxygens (including phenoxy) is 2. The summed E-state index contributed by atoms with van der Waals surface area (Å²) in [4.78, 5) is 25.8. The van der Waals surface area contributed by atoms with Crippen molar-refractivity contribution >= 4 is 23.4 Å². The summed E-state index contributed by atoms with van der Waals surface area (Å²) in [5, 5.41) is 6.21. The third-order valence-corrected chi connectivity index (χ3v) is 4.94. The van der Waals surface area contributed by atoms with Gasteiger partial charge in [0.25, 0.3) is 5.91 Å². The van der Waals surface area contributed by atoms with E-state index in [1.165, 1.54) is 0 Å². The van der Waals surface area contributed by atoms with Gasteiger partial charge in [0.2, 0.25) is 5.91 Å². The summed E-state index contributed by atoms with van der Waals surface area (Å²) in [7, 11) is 1.60. The number of carbonyl (C=O) groups is 2. The van der Waals surface area contributed by atoms with Crippen LogP contribution in [0.1, 0.15) is 22.3 Å². The van der Waals surface area contributed by atoms with Crippen LogP contribution in [-0.4, -0.2) is 56.6 Å². The Bertz CT molecular complexity index is 890. The number of benzene rings is 2. The van der Waals surface area contributed by atoms with Crippen molar-refractivity contribution in [3.63, 3.8) is 0 Å². The van der Waals surface area contributed by atoms with Crippen LogP contribution in [0, 0.1) is 0 Å². The van der Waals surface area contributed by atoms with Crippen molar-refractivity contribution in [2.24, 2.45) is 0 Å². The highest BCUT2D eigenvalue weighted by atomic mass is 35.5. The fraction of sp³-hybridized carbons (Fsp3) is 0.364. The van der Waals surface area contributed by atoms with Gasteiger partial charge in [-0.1, -0.05) is 23.7 Å². The molecule has 1 aliphatic heterocycles. The second kappa shape index (κ2) is 10.8. The van der Waals surface area contributed by atoms with E-state index in [0.29, 0.717) is 61.3 Å². The van der Waals surface area contributed by atoms with Gasteiger partial charge in [-0.2, -0.15) is 0 Å². The molecule has 1 fully saturated rings. The number of methoxy groups -OCH3 is 1. The SMILES string of the molecule is COc1ccc(CN2CCNC(=O)C2)cc1OCCCNC(=O)c1cccc(Cl)c1. The van der Waals surface area contributed by atoms with Crippen molar-refractivity contribution in [3.05, 3.63) is 58.6 Å². The average molecular weight is 432 g/mol. The van der Waals surface area contributed by atoms with Gasteiger partial charge < -0.3 is 20.1 Å². The zero-order valence-electron chi connectivity index (χ0n) is 16.9. The Morgan fingerprint density at radius 3 is 2.87 bits per heavy atom. The molecule has 8 heteroatoms. The minimum Gasteiger partial charge on any atom is -0.493 e. The van der Waals surface area contributed by atoms with E-state index in [-0.39, 0.29) is 11.8 Å². The zero-order valence-corrected chi connectivity index (χ0v) is 17.7. The number of rotatable bonds is 9. The highest BCUT2D eigenvalue weighted by Gasteiger charge is 2.17. The molecule has 3 rings (SSSR count). The van der Waals surface area contributed by atoms with Crippen molar-refractivity contribution in [1.82, 2.24) is 15.5 Å². The molecule has 160 valence electrons. The molecule has 0 spiro atoms. The maximum Gasteiger partial charge on any atom is 0.251 e. The lowest BCUT2D eigenvalue weighted by molar-refractivity contribution is -0.124. The minimum absolute atomic E-state index is 0.0473. The number of carbonyl (C=O) groups excluding carboxylic acids is 2. The highest BCUT2D eigenvalue weighted by molar-refractivity contribution is 6.30. The summed E-state index contributed by atoms with van der Waals surface area (Å²) in [6.45, 7) is 3.47. The molecule has 0 radical (unpaired) electrons. The smallest absolute Gasteiger partial charge is 0.251 e. The van der Waals surface area contributed by atoms with Gasteiger partial charge in [-0.15, -0.1) is 0 Å². The molecule has 0 aromatic heterocycles. The van der Waals surface area contributed by atoms with Crippen LogP contribution in [0.4, 0.5) is 0 Å². The van der Waals surface area contributed by atoms with Crippen LogP contribution in [0.5, 0.6) is 11.5 Å². The Morgan fingerprint density at radius 1 is 1.23 bits per heavy atom. The van der Waals surface area contributed by atoms with E-state index in [1.54, 1.807) is 31.4 Å². The van der Waals surface area contributed by atoms with E-state index >= 15 is 0 Å². The lowest BCUT2D eigenvalue weighted by Gasteiger charge is -2.26. The first kappa shape index (κ1) is 21.9. The molecule has 0 unspecified atom stereocenters. The standard InChI is InChI=1S/C22H26ClN3O4/c1-29-19-7-6-16(14-26-10-9-24-21(27)15-26)12-20(19)30-11-3-8-25-22(28)17-4-2-5-18(23)13-17/h2,4-7,12-13H,3,8-11,14-15H2,1H3,(H,24,27)(H,25,28). The van der Waals surface area contributed by atoms with Crippen molar-refractivity contribution in [2.45, 2.75) is 13.0 Å². The van der Waals surface area contributed by atoms with Gasteiger partial charge in [-0.05, 0) is 42.3 Å². The number of amides is 2. The molecule has 1 heterocycles. The monoisotopic (exact) mass is 431 g/mol. The largest absolute Gasteiger partial charge is 0.493 e. The Hall–Kier alpha value is -2.77. The van der Waals surface area contributed by atoms with Crippen molar-refractivity contribution < 1.29 is 19.1 Å². The van der Waals surface area contributed by atoms with Crippen LogP contribution in [0.25, 0.3) is 0 Å². The van der Waals surface area contributed by atoms with Crippen molar-refractivity contribution in [1.29, 1.82) is 0 Å². The quantitative estimate of drug-likeness (QED) is 0.596. The van der Waals surface area contributed by atoms with E-state index in [9.17, 15) is 9.59 Å². The molecule has 30 heavy (non-hydrogen) atoms. The van der Waals surface area contributed by atoms with Gasteiger partial charge in [0.15, 0.2) is 11.5 Å².